The highest BCUT2D eigenvalue weighted by Gasteiger charge is 2.26. The minimum absolute atomic E-state index is 0. The summed E-state index contributed by atoms with van der Waals surface area (Å²) in [5, 5.41) is 0. The molecule has 1 aromatic heterocycles. The predicted molar refractivity (Wildman–Crippen MR) is 81.1 cm³/mol. The second-order valence-corrected chi connectivity index (χ2v) is 4.93. The maximum absolute atomic E-state index is 12.2. The lowest BCUT2D eigenvalue weighted by molar-refractivity contribution is 0.0663. The van der Waals surface area contributed by atoms with Crippen molar-refractivity contribution in [1.82, 2.24) is 9.88 Å². The van der Waals surface area contributed by atoms with Gasteiger partial charge < -0.3 is 10.6 Å². The number of nitrogens with two attached hydrogens (primary N) is 1. The number of amides is 1. The number of hydrogen-bond donors (Lipinski definition) is 1. The van der Waals surface area contributed by atoms with E-state index in [1.54, 1.807) is 12.4 Å². The molecule has 2 atom stereocenters. The molecule has 108 valence electrons. The van der Waals surface area contributed by atoms with Gasteiger partial charge in [0.15, 0.2) is 0 Å². The van der Waals surface area contributed by atoms with Crippen LogP contribution in [0.15, 0.2) is 18.5 Å². The quantitative estimate of drug-likeness (QED) is 0.864. The molecule has 19 heavy (non-hydrogen) atoms. The zero-order chi connectivity index (χ0) is 12.4. The first-order valence-corrected chi connectivity index (χ1v) is 6.04. The maximum atomic E-state index is 12.2. The van der Waals surface area contributed by atoms with Crippen LogP contribution in [0.25, 0.3) is 0 Å². The Kier molecular flexibility index (Phi) is 7.34. The van der Waals surface area contributed by atoms with Gasteiger partial charge in [-0.3, -0.25) is 9.78 Å². The molecule has 1 saturated heterocycles. The highest BCUT2D eigenvalue weighted by molar-refractivity contribution is 5.94. The molecule has 0 aromatic carbocycles. The van der Waals surface area contributed by atoms with Crippen molar-refractivity contribution in [3.8, 4) is 0 Å². The number of aryl methyl sites for hydroxylation is 1. The first-order valence-electron chi connectivity index (χ1n) is 6.04. The van der Waals surface area contributed by atoms with Gasteiger partial charge in [-0.05, 0) is 30.9 Å². The summed E-state index contributed by atoms with van der Waals surface area (Å²) in [5.74, 6) is 0.436. The maximum Gasteiger partial charge on any atom is 0.255 e. The van der Waals surface area contributed by atoms with Gasteiger partial charge in [-0.25, -0.2) is 0 Å². The molecule has 1 fully saturated rings. The van der Waals surface area contributed by atoms with Crippen molar-refractivity contribution in [2.24, 2.45) is 11.7 Å². The van der Waals surface area contributed by atoms with Crippen molar-refractivity contribution < 1.29 is 4.79 Å². The Balaban J connectivity index is 0.00000162. The molecule has 2 unspecified atom stereocenters. The molecule has 6 heteroatoms. The fraction of sp³-hybridized carbons (Fsp3) is 0.538. The van der Waals surface area contributed by atoms with Crippen LogP contribution in [-0.2, 0) is 0 Å². The topological polar surface area (TPSA) is 59.2 Å². The van der Waals surface area contributed by atoms with Crippen LogP contribution >= 0.6 is 24.8 Å². The van der Waals surface area contributed by atoms with Crippen LogP contribution in [-0.4, -0.2) is 34.9 Å². The minimum atomic E-state index is 0. The SMILES string of the molecule is Cc1cncc(C(=O)N2CCC(N)C(C)C2)c1.Cl.Cl. The Labute approximate surface area is 126 Å². The van der Waals surface area contributed by atoms with Crippen molar-refractivity contribution in [3.63, 3.8) is 0 Å². The summed E-state index contributed by atoms with van der Waals surface area (Å²) in [5.41, 5.74) is 7.64. The minimum Gasteiger partial charge on any atom is -0.338 e. The molecule has 0 aliphatic carbocycles. The number of likely N-dealkylation sites (tertiary alicyclic amines) is 1. The van der Waals surface area contributed by atoms with E-state index in [9.17, 15) is 4.79 Å². The highest BCUT2D eigenvalue weighted by Crippen LogP contribution is 2.17. The first-order chi connectivity index (χ1) is 8.08. The Morgan fingerprint density at radius 1 is 1.42 bits per heavy atom. The zero-order valence-electron chi connectivity index (χ0n) is 11.2. The Morgan fingerprint density at radius 3 is 2.68 bits per heavy atom. The summed E-state index contributed by atoms with van der Waals surface area (Å²) >= 11 is 0. The van der Waals surface area contributed by atoms with Gasteiger partial charge in [0.05, 0.1) is 5.56 Å². The van der Waals surface area contributed by atoms with Crippen LogP contribution in [0.2, 0.25) is 0 Å². The van der Waals surface area contributed by atoms with Crippen LogP contribution < -0.4 is 5.73 Å². The van der Waals surface area contributed by atoms with Gasteiger partial charge in [-0.15, -0.1) is 24.8 Å². The fourth-order valence-electron chi connectivity index (χ4n) is 2.20. The van der Waals surface area contributed by atoms with Crippen molar-refractivity contribution >= 4 is 30.7 Å². The van der Waals surface area contributed by atoms with E-state index in [0.29, 0.717) is 11.5 Å². The Bertz CT molecular complexity index is 428. The van der Waals surface area contributed by atoms with E-state index >= 15 is 0 Å². The smallest absolute Gasteiger partial charge is 0.255 e. The van der Waals surface area contributed by atoms with E-state index in [-0.39, 0.29) is 36.8 Å². The average Bonchev–Trinajstić information content (AvgIpc) is 2.32. The van der Waals surface area contributed by atoms with Crippen molar-refractivity contribution in [1.29, 1.82) is 0 Å². The third-order valence-corrected chi connectivity index (χ3v) is 3.38. The summed E-state index contributed by atoms with van der Waals surface area (Å²) < 4.78 is 0. The molecule has 1 aromatic rings. The number of rotatable bonds is 1. The molecule has 0 radical (unpaired) electrons. The van der Waals surface area contributed by atoms with Crippen LogP contribution in [0.4, 0.5) is 0 Å². The van der Waals surface area contributed by atoms with Gasteiger partial charge in [-0.2, -0.15) is 0 Å². The number of nitrogens with zero attached hydrogens (tertiary/aromatic N) is 2. The number of carbonyl (C=O) groups excluding carboxylic acids is 1. The molecule has 1 aliphatic rings. The molecule has 0 bridgehead atoms. The number of hydrogen-bond acceptors (Lipinski definition) is 3. The van der Waals surface area contributed by atoms with Crippen LogP contribution in [0.1, 0.15) is 29.3 Å². The zero-order valence-corrected chi connectivity index (χ0v) is 12.8. The number of halogens is 2. The molecule has 4 nitrogen and oxygen atoms in total. The molecule has 0 spiro atoms. The molecular formula is C13H21Cl2N3O. The standard InChI is InChI=1S/C13H19N3O.2ClH/c1-9-5-11(7-15-6-9)13(17)16-4-3-12(14)10(2)8-16;;/h5-7,10,12H,3-4,8,14H2,1-2H3;2*1H. The number of pyridine rings is 1. The summed E-state index contributed by atoms with van der Waals surface area (Å²) in [6, 6.07) is 2.10. The highest BCUT2D eigenvalue weighted by atomic mass is 35.5. The lowest BCUT2D eigenvalue weighted by Gasteiger charge is -2.35. The van der Waals surface area contributed by atoms with E-state index < -0.39 is 0 Å². The summed E-state index contributed by atoms with van der Waals surface area (Å²) in [7, 11) is 0. The monoisotopic (exact) mass is 305 g/mol. The van der Waals surface area contributed by atoms with E-state index in [1.807, 2.05) is 17.9 Å². The van der Waals surface area contributed by atoms with Crippen LogP contribution in [0.5, 0.6) is 0 Å². The van der Waals surface area contributed by atoms with E-state index in [2.05, 4.69) is 11.9 Å². The molecule has 0 saturated carbocycles. The molecule has 1 amide bonds. The lowest BCUT2D eigenvalue weighted by atomic mass is 9.94. The summed E-state index contributed by atoms with van der Waals surface area (Å²) in [6.07, 6.45) is 4.27. The van der Waals surface area contributed by atoms with Crippen molar-refractivity contribution in [2.45, 2.75) is 26.3 Å². The number of aromatic nitrogens is 1. The predicted octanol–water partition coefficient (Wildman–Crippen LogP) is 2.04. The van der Waals surface area contributed by atoms with Crippen molar-refractivity contribution in [2.75, 3.05) is 13.1 Å². The summed E-state index contributed by atoms with van der Waals surface area (Å²) in [6.45, 7) is 5.53. The third kappa shape index (κ3) is 4.34. The number of carbonyl (C=O) groups is 1. The molecule has 1 aliphatic heterocycles. The van der Waals surface area contributed by atoms with Gasteiger partial charge in [0.1, 0.15) is 0 Å². The Morgan fingerprint density at radius 2 is 2.11 bits per heavy atom. The molecule has 2 rings (SSSR count). The average molecular weight is 306 g/mol. The molecule has 2 N–H and O–H groups in total. The summed E-state index contributed by atoms with van der Waals surface area (Å²) in [4.78, 5) is 18.2. The van der Waals surface area contributed by atoms with Gasteiger partial charge in [0, 0.05) is 31.5 Å². The first kappa shape index (κ1) is 18.2. The van der Waals surface area contributed by atoms with Gasteiger partial charge in [0.2, 0.25) is 0 Å². The van der Waals surface area contributed by atoms with E-state index in [1.165, 1.54) is 0 Å². The molecule has 2 heterocycles. The second kappa shape index (κ2) is 7.68. The van der Waals surface area contributed by atoms with Crippen molar-refractivity contribution in [3.05, 3.63) is 29.6 Å². The van der Waals surface area contributed by atoms with Gasteiger partial charge in [-0.1, -0.05) is 6.92 Å². The van der Waals surface area contributed by atoms with Crippen LogP contribution in [0.3, 0.4) is 0 Å². The van der Waals surface area contributed by atoms with E-state index in [4.69, 9.17) is 5.73 Å². The van der Waals surface area contributed by atoms with Gasteiger partial charge >= 0.3 is 0 Å². The van der Waals surface area contributed by atoms with Crippen LogP contribution in [0, 0.1) is 12.8 Å². The Hall–Kier alpha value is -0.840. The largest absolute Gasteiger partial charge is 0.338 e. The lowest BCUT2D eigenvalue weighted by Crippen LogP contribution is -2.48. The fourth-order valence-corrected chi connectivity index (χ4v) is 2.20. The third-order valence-electron chi connectivity index (χ3n) is 3.38. The normalized spacial score (nSPS) is 22.2. The van der Waals surface area contributed by atoms with Gasteiger partial charge in [0.25, 0.3) is 5.91 Å². The molecular weight excluding hydrogens is 285 g/mol. The number of piperidine rings is 1. The van der Waals surface area contributed by atoms with E-state index in [0.717, 1.165) is 25.1 Å². The second-order valence-electron chi connectivity index (χ2n) is 4.93.